The molecular weight excluding hydrogens is 240 g/mol. The largest absolute Gasteiger partial charge is 0.478 e. The molecule has 0 aliphatic carbocycles. The summed E-state index contributed by atoms with van der Waals surface area (Å²) >= 11 is 5.63. The highest BCUT2D eigenvalue weighted by atomic mass is 35.5. The predicted octanol–water partition coefficient (Wildman–Crippen LogP) is 2.75. The summed E-state index contributed by atoms with van der Waals surface area (Å²) in [4.78, 5) is 15.0. The number of benzene rings is 1. The molecule has 4 nitrogen and oxygen atoms in total. The number of hydrogen-bond acceptors (Lipinski definition) is 2. The van der Waals surface area contributed by atoms with Crippen LogP contribution in [-0.2, 0) is 6.54 Å². The van der Waals surface area contributed by atoms with Crippen LogP contribution >= 0.6 is 11.6 Å². The molecule has 0 aliphatic rings. The lowest BCUT2D eigenvalue weighted by atomic mass is 10.2. The summed E-state index contributed by atoms with van der Waals surface area (Å²) in [5.41, 5.74) is 1.95. The quantitative estimate of drug-likeness (QED) is 0.658. The van der Waals surface area contributed by atoms with Crippen LogP contribution in [0.3, 0.4) is 0 Å². The Morgan fingerprint density at radius 2 is 2.24 bits per heavy atom. The van der Waals surface area contributed by atoms with Gasteiger partial charge in [-0.25, -0.2) is 9.78 Å². The van der Waals surface area contributed by atoms with Gasteiger partial charge in [0, 0.05) is 12.4 Å². The Balaban J connectivity index is 2.25. The van der Waals surface area contributed by atoms with Gasteiger partial charge in [0.1, 0.15) is 0 Å². The number of alkyl halides is 1. The zero-order valence-electron chi connectivity index (χ0n) is 9.27. The van der Waals surface area contributed by atoms with Crippen LogP contribution < -0.4 is 0 Å². The molecule has 2 aromatic rings. The molecular formula is C12H13ClN2O2. The maximum absolute atomic E-state index is 10.8. The van der Waals surface area contributed by atoms with E-state index in [1.165, 1.54) is 0 Å². The van der Waals surface area contributed by atoms with E-state index in [-0.39, 0.29) is 5.56 Å². The first-order chi connectivity index (χ1) is 8.22. The van der Waals surface area contributed by atoms with E-state index in [1.807, 2.05) is 4.57 Å². The van der Waals surface area contributed by atoms with E-state index >= 15 is 0 Å². The molecule has 17 heavy (non-hydrogen) atoms. The summed E-state index contributed by atoms with van der Waals surface area (Å²) in [6.07, 6.45) is 3.70. The lowest BCUT2D eigenvalue weighted by molar-refractivity contribution is 0.0697. The molecule has 0 aliphatic heterocycles. The van der Waals surface area contributed by atoms with Crippen molar-refractivity contribution in [1.29, 1.82) is 0 Å². The standard InChI is InChI=1S/C12H13ClN2O2/c13-5-1-2-6-15-8-14-10-7-9(12(16)17)3-4-11(10)15/h3-4,7-8H,1-2,5-6H2,(H,16,17). The average Bonchev–Trinajstić information content (AvgIpc) is 2.72. The van der Waals surface area contributed by atoms with Gasteiger partial charge >= 0.3 is 5.97 Å². The number of imidazole rings is 1. The number of unbranched alkanes of at least 4 members (excludes halogenated alkanes) is 1. The number of carbonyl (C=O) groups is 1. The summed E-state index contributed by atoms with van der Waals surface area (Å²) in [5.74, 6) is -0.265. The van der Waals surface area contributed by atoms with E-state index in [2.05, 4.69) is 4.98 Å². The van der Waals surface area contributed by atoms with E-state index in [0.717, 1.165) is 30.4 Å². The normalized spacial score (nSPS) is 10.9. The monoisotopic (exact) mass is 252 g/mol. The van der Waals surface area contributed by atoms with Crippen molar-refractivity contribution in [3.8, 4) is 0 Å². The third-order valence-electron chi connectivity index (χ3n) is 2.65. The fourth-order valence-electron chi connectivity index (χ4n) is 1.75. The number of aromatic nitrogens is 2. The lowest BCUT2D eigenvalue weighted by Gasteiger charge is -2.03. The minimum Gasteiger partial charge on any atom is -0.478 e. The Morgan fingerprint density at radius 1 is 1.41 bits per heavy atom. The molecule has 0 saturated carbocycles. The molecule has 0 unspecified atom stereocenters. The van der Waals surface area contributed by atoms with Crippen LogP contribution in [0.4, 0.5) is 0 Å². The molecule has 1 aromatic heterocycles. The Kier molecular flexibility index (Phi) is 3.64. The number of aromatic carboxylic acids is 1. The van der Waals surface area contributed by atoms with E-state index in [4.69, 9.17) is 16.7 Å². The molecule has 0 bridgehead atoms. The number of halogens is 1. The van der Waals surface area contributed by atoms with Gasteiger partial charge in [-0.3, -0.25) is 0 Å². The van der Waals surface area contributed by atoms with Gasteiger partial charge in [0.25, 0.3) is 0 Å². The Morgan fingerprint density at radius 3 is 2.94 bits per heavy atom. The second-order valence-corrected chi connectivity index (χ2v) is 4.22. The second-order valence-electron chi connectivity index (χ2n) is 3.84. The van der Waals surface area contributed by atoms with Gasteiger partial charge in [0.15, 0.2) is 0 Å². The summed E-state index contributed by atoms with van der Waals surface area (Å²) < 4.78 is 2.02. The van der Waals surface area contributed by atoms with E-state index in [9.17, 15) is 4.79 Å². The Labute approximate surface area is 104 Å². The van der Waals surface area contributed by atoms with Crippen molar-refractivity contribution in [3.63, 3.8) is 0 Å². The third kappa shape index (κ3) is 2.58. The van der Waals surface area contributed by atoms with Crippen molar-refractivity contribution in [2.45, 2.75) is 19.4 Å². The van der Waals surface area contributed by atoms with E-state index in [1.54, 1.807) is 24.5 Å². The highest BCUT2D eigenvalue weighted by Crippen LogP contribution is 2.15. The maximum Gasteiger partial charge on any atom is 0.335 e. The number of fused-ring (bicyclic) bond motifs is 1. The van der Waals surface area contributed by atoms with Gasteiger partial charge < -0.3 is 9.67 Å². The Bertz CT molecular complexity index is 536. The highest BCUT2D eigenvalue weighted by Gasteiger charge is 2.07. The fraction of sp³-hybridized carbons (Fsp3) is 0.333. The summed E-state index contributed by atoms with van der Waals surface area (Å²) in [6.45, 7) is 0.857. The molecule has 0 amide bonds. The molecule has 5 heteroatoms. The van der Waals surface area contributed by atoms with Crippen molar-refractivity contribution >= 4 is 28.6 Å². The van der Waals surface area contributed by atoms with Crippen LogP contribution in [0.25, 0.3) is 11.0 Å². The first kappa shape index (κ1) is 11.9. The van der Waals surface area contributed by atoms with Crippen molar-refractivity contribution < 1.29 is 9.90 Å². The van der Waals surface area contributed by atoms with Gasteiger partial charge in [-0.2, -0.15) is 0 Å². The molecule has 90 valence electrons. The first-order valence-corrected chi connectivity index (χ1v) is 6.00. The number of carboxylic acids is 1. The van der Waals surface area contributed by atoms with Crippen LogP contribution in [0.5, 0.6) is 0 Å². The lowest BCUT2D eigenvalue weighted by Crippen LogP contribution is -1.98. The molecule has 2 rings (SSSR count). The first-order valence-electron chi connectivity index (χ1n) is 5.46. The SMILES string of the molecule is O=C(O)c1ccc2c(c1)ncn2CCCCCl. The minimum atomic E-state index is -0.927. The summed E-state index contributed by atoms with van der Waals surface area (Å²) in [6, 6.07) is 4.99. The summed E-state index contributed by atoms with van der Waals surface area (Å²) in [5, 5.41) is 8.88. The van der Waals surface area contributed by atoms with Crippen LogP contribution in [-0.4, -0.2) is 26.5 Å². The predicted molar refractivity (Wildman–Crippen MR) is 66.6 cm³/mol. The number of aryl methyl sites for hydroxylation is 1. The topological polar surface area (TPSA) is 55.1 Å². The molecule has 0 saturated heterocycles. The summed E-state index contributed by atoms with van der Waals surface area (Å²) in [7, 11) is 0. The van der Waals surface area contributed by atoms with Gasteiger partial charge in [-0.1, -0.05) is 0 Å². The van der Waals surface area contributed by atoms with E-state index in [0.29, 0.717) is 5.88 Å². The van der Waals surface area contributed by atoms with Crippen LogP contribution in [0.2, 0.25) is 0 Å². The molecule has 1 heterocycles. The molecule has 1 aromatic carbocycles. The average molecular weight is 253 g/mol. The van der Waals surface area contributed by atoms with Gasteiger partial charge in [0.05, 0.1) is 22.9 Å². The van der Waals surface area contributed by atoms with Gasteiger partial charge in [-0.15, -0.1) is 11.6 Å². The molecule has 1 N–H and O–H groups in total. The highest BCUT2D eigenvalue weighted by molar-refractivity contribution is 6.17. The molecule has 0 radical (unpaired) electrons. The van der Waals surface area contributed by atoms with Gasteiger partial charge in [-0.05, 0) is 31.0 Å². The van der Waals surface area contributed by atoms with Crippen molar-refractivity contribution in [2.75, 3.05) is 5.88 Å². The Hall–Kier alpha value is -1.55. The zero-order chi connectivity index (χ0) is 12.3. The number of hydrogen-bond donors (Lipinski definition) is 1. The number of rotatable bonds is 5. The third-order valence-corrected chi connectivity index (χ3v) is 2.92. The van der Waals surface area contributed by atoms with Crippen LogP contribution in [0, 0.1) is 0 Å². The number of carboxylic acid groups (broad SMARTS) is 1. The fourth-order valence-corrected chi connectivity index (χ4v) is 1.94. The smallest absolute Gasteiger partial charge is 0.335 e. The zero-order valence-corrected chi connectivity index (χ0v) is 10.0. The molecule has 0 fully saturated rings. The van der Waals surface area contributed by atoms with Crippen LogP contribution in [0.15, 0.2) is 24.5 Å². The van der Waals surface area contributed by atoms with Crippen molar-refractivity contribution in [3.05, 3.63) is 30.1 Å². The van der Waals surface area contributed by atoms with Crippen molar-refractivity contribution in [2.24, 2.45) is 0 Å². The maximum atomic E-state index is 10.8. The minimum absolute atomic E-state index is 0.267. The van der Waals surface area contributed by atoms with Crippen molar-refractivity contribution in [1.82, 2.24) is 9.55 Å². The van der Waals surface area contributed by atoms with E-state index < -0.39 is 5.97 Å². The van der Waals surface area contributed by atoms with Crippen LogP contribution in [0.1, 0.15) is 23.2 Å². The van der Waals surface area contributed by atoms with Gasteiger partial charge in [0.2, 0.25) is 0 Å². The number of nitrogens with zero attached hydrogens (tertiary/aromatic N) is 2. The molecule has 0 atom stereocenters. The second kappa shape index (κ2) is 5.19. The molecule has 0 spiro atoms.